The number of hydrogen-bond donors (Lipinski definition) is 1. The fourth-order valence-electron chi connectivity index (χ4n) is 3.05. The third-order valence-corrected chi connectivity index (χ3v) is 4.39. The second-order valence-corrected chi connectivity index (χ2v) is 6.51. The Morgan fingerprint density at radius 2 is 1.96 bits per heavy atom. The van der Waals surface area contributed by atoms with Crippen molar-refractivity contribution in [1.82, 2.24) is 9.80 Å². The van der Waals surface area contributed by atoms with Gasteiger partial charge in [0, 0.05) is 13.6 Å². The van der Waals surface area contributed by atoms with Crippen molar-refractivity contribution >= 4 is 18.0 Å². The van der Waals surface area contributed by atoms with Gasteiger partial charge in [-0.2, -0.15) is 0 Å². The van der Waals surface area contributed by atoms with E-state index >= 15 is 0 Å². The first kappa shape index (κ1) is 18.8. The summed E-state index contributed by atoms with van der Waals surface area (Å²) in [5.41, 5.74) is 0.856. The lowest BCUT2D eigenvalue weighted by Gasteiger charge is -2.29. The number of carbonyl (C=O) groups is 3. The highest BCUT2D eigenvalue weighted by Gasteiger charge is 2.43. The van der Waals surface area contributed by atoms with Gasteiger partial charge in [-0.25, -0.2) is 9.59 Å². The van der Waals surface area contributed by atoms with Crippen LogP contribution in [0.25, 0.3) is 0 Å². The van der Waals surface area contributed by atoms with Crippen LogP contribution in [0.1, 0.15) is 25.8 Å². The molecule has 1 aromatic carbocycles. The molecule has 0 bridgehead atoms. The van der Waals surface area contributed by atoms with E-state index in [4.69, 9.17) is 4.74 Å². The third kappa shape index (κ3) is 4.29. The smallest absolute Gasteiger partial charge is 0.410 e. The highest BCUT2D eigenvalue weighted by Crippen LogP contribution is 2.23. The molecule has 0 radical (unpaired) electrons. The lowest BCUT2D eigenvalue weighted by atomic mass is 10.0. The van der Waals surface area contributed by atoms with E-state index in [-0.39, 0.29) is 18.4 Å². The minimum absolute atomic E-state index is 0.123. The van der Waals surface area contributed by atoms with Crippen LogP contribution in [0.4, 0.5) is 4.79 Å². The van der Waals surface area contributed by atoms with Gasteiger partial charge in [-0.1, -0.05) is 44.2 Å². The standard InChI is InChI=1S/C18H24N2O5/c1-12(2)15(17(22)23)20-10-9-14(16(20)21)19(3)18(24)25-11-13-7-5-4-6-8-13/h4-8,12,14-15H,9-11H2,1-3H3,(H,22,23)/t14-,15?/m1/s1. The number of carbonyl (C=O) groups excluding carboxylic acids is 2. The molecular formula is C18H24N2O5. The Balaban J connectivity index is 1.98. The minimum Gasteiger partial charge on any atom is -0.480 e. The van der Waals surface area contributed by atoms with Crippen LogP contribution in [0.5, 0.6) is 0 Å². The number of ether oxygens (including phenoxy) is 1. The molecule has 0 spiro atoms. The normalized spacial score (nSPS) is 18.3. The minimum atomic E-state index is -1.03. The van der Waals surface area contributed by atoms with Crippen LogP contribution >= 0.6 is 0 Å². The third-order valence-electron chi connectivity index (χ3n) is 4.39. The van der Waals surface area contributed by atoms with Crippen molar-refractivity contribution in [3.05, 3.63) is 35.9 Å². The van der Waals surface area contributed by atoms with E-state index in [0.29, 0.717) is 13.0 Å². The van der Waals surface area contributed by atoms with Crippen molar-refractivity contribution in [1.29, 1.82) is 0 Å². The molecule has 1 N–H and O–H groups in total. The number of benzene rings is 1. The number of carboxylic acid groups (broad SMARTS) is 1. The van der Waals surface area contributed by atoms with E-state index in [0.717, 1.165) is 5.56 Å². The Hall–Kier alpha value is -2.57. The van der Waals surface area contributed by atoms with Crippen molar-refractivity contribution in [2.75, 3.05) is 13.6 Å². The predicted molar refractivity (Wildman–Crippen MR) is 90.8 cm³/mol. The molecule has 1 aromatic rings. The predicted octanol–water partition coefficient (Wildman–Crippen LogP) is 1.97. The first-order chi connectivity index (χ1) is 11.8. The zero-order valence-electron chi connectivity index (χ0n) is 14.7. The number of rotatable bonds is 6. The molecule has 7 heteroatoms. The van der Waals surface area contributed by atoms with Crippen molar-refractivity contribution < 1.29 is 24.2 Å². The van der Waals surface area contributed by atoms with E-state index in [9.17, 15) is 19.5 Å². The molecule has 136 valence electrons. The monoisotopic (exact) mass is 348 g/mol. The zero-order chi connectivity index (χ0) is 18.6. The summed E-state index contributed by atoms with van der Waals surface area (Å²) < 4.78 is 5.24. The van der Waals surface area contributed by atoms with Crippen molar-refractivity contribution in [2.45, 2.75) is 39.0 Å². The van der Waals surface area contributed by atoms with E-state index in [1.807, 2.05) is 30.3 Å². The maximum absolute atomic E-state index is 12.6. The van der Waals surface area contributed by atoms with Crippen LogP contribution in [0.2, 0.25) is 0 Å². The summed E-state index contributed by atoms with van der Waals surface area (Å²) in [6.45, 7) is 3.96. The van der Waals surface area contributed by atoms with E-state index in [2.05, 4.69) is 0 Å². The second kappa shape index (κ2) is 8.00. The van der Waals surface area contributed by atoms with Crippen LogP contribution in [-0.4, -0.2) is 58.6 Å². The van der Waals surface area contributed by atoms with Crippen molar-refractivity contribution in [3.8, 4) is 0 Å². The molecule has 0 aromatic heterocycles. The number of nitrogens with zero attached hydrogens (tertiary/aromatic N) is 2. The number of hydrogen-bond acceptors (Lipinski definition) is 4. The molecular weight excluding hydrogens is 324 g/mol. The Morgan fingerprint density at radius 3 is 2.52 bits per heavy atom. The summed E-state index contributed by atoms with van der Waals surface area (Å²) in [5.74, 6) is -1.59. The summed E-state index contributed by atoms with van der Waals surface area (Å²) in [5, 5.41) is 9.37. The molecule has 1 fully saturated rings. The SMILES string of the molecule is CC(C)C(C(=O)O)N1CC[C@@H](N(C)C(=O)OCc2ccccc2)C1=O. The van der Waals surface area contributed by atoms with Crippen LogP contribution in [0.15, 0.2) is 30.3 Å². The second-order valence-electron chi connectivity index (χ2n) is 6.51. The Bertz CT molecular complexity index is 632. The highest BCUT2D eigenvalue weighted by molar-refractivity contribution is 5.91. The Morgan fingerprint density at radius 1 is 1.32 bits per heavy atom. The lowest BCUT2D eigenvalue weighted by molar-refractivity contribution is -0.151. The first-order valence-electron chi connectivity index (χ1n) is 8.29. The van der Waals surface area contributed by atoms with Crippen LogP contribution in [0, 0.1) is 5.92 Å². The molecule has 1 aliphatic heterocycles. The van der Waals surface area contributed by atoms with Gasteiger partial charge in [-0.05, 0) is 17.9 Å². The molecule has 1 unspecified atom stereocenters. The molecule has 0 saturated carbocycles. The molecule has 1 aliphatic rings. The summed E-state index contributed by atoms with van der Waals surface area (Å²) in [4.78, 5) is 38.8. The van der Waals surface area contributed by atoms with Gasteiger partial charge in [0.1, 0.15) is 18.7 Å². The van der Waals surface area contributed by atoms with Crippen LogP contribution in [0.3, 0.4) is 0 Å². The molecule has 2 amide bonds. The first-order valence-corrected chi connectivity index (χ1v) is 8.29. The van der Waals surface area contributed by atoms with Gasteiger partial charge in [0.25, 0.3) is 0 Å². The number of likely N-dealkylation sites (N-methyl/N-ethyl adjacent to an activating group) is 1. The maximum atomic E-state index is 12.6. The summed E-state index contributed by atoms with van der Waals surface area (Å²) in [6.07, 6.45) is -0.202. The molecule has 1 heterocycles. The van der Waals surface area contributed by atoms with E-state index < -0.39 is 24.1 Å². The summed E-state index contributed by atoms with van der Waals surface area (Å²) >= 11 is 0. The molecule has 7 nitrogen and oxygen atoms in total. The number of aliphatic carboxylic acids is 1. The van der Waals surface area contributed by atoms with Gasteiger partial charge in [0.05, 0.1) is 0 Å². The van der Waals surface area contributed by atoms with Crippen molar-refractivity contribution in [3.63, 3.8) is 0 Å². The molecule has 2 atom stereocenters. The molecule has 2 rings (SSSR count). The number of carboxylic acids is 1. The van der Waals surface area contributed by atoms with Gasteiger partial charge >= 0.3 is 12.1 Å². The van der Waals surface area contributed by atoms with E-state index in [1.165, 1.54) is 16.8 Å². The fourth-order valence-corrected chi connectivity index (χ4v) is 3.05. The van der Waals surface area contributed by atoms with E-state index in [1.54, 1.807) is 13.8 Å². The zero-order valence-corrected chi connectivity index (χ0v) is 14.7. The largest absolute Gasteiger partial charge is 0.480 e. The summed E-state index contributed by atoms with van der Waals surface area (Å²) in [6, 6.07) is 7.68. The number of amides is 2. The molecule has 1 saturated heterocycles. The fraction of sp³-hybridized carbons (Fsp3) is 0.500. The van der Waals surface area contributed by atoms with Gasteiger partial charge in [-0.15, -0.1) is 0 Å². The highest BCUT2D eigenvalue weighted by atomic mass is 16.6. The maximum Gasteiger partial charge on any atom is 0.410 e. The topological polar surface area (TPSA) is 87.2 Å². The van der Waals surface area contributed by atoms with Crippen LogP contribution < -0.4 is 0 Å². The van der Waals surface area contributed by atoms with Crippen LogP contribution in [-0.2, 0) is 20.9 Å². The van der Waals surface area contributed by atoms with Gasteiger partial charge in [-0.3, -0.25) is 9.69 Å². The molecule has 25 heavy (non-hydrogen) atoms. The average molecular weight is 348 g/mol. The number of likely N-dealkylation sites (tertiary alicyclic amines) is 1. The van der Waals surface area contributed by atoms with Crippen molar-refractivity contribution in [2.24, 2.45) is 5.92 Å². The summed E-state index contributed by atoms with van der Waals surface area (Å²) in [7, 11) is 1.50. The Kier molecular flexibility index (Phi) is 6.01. The average Bonchev–Trinajstić information content (AvgIpc) is 2.93. The van der Waals surface area contributed by atoms with Gasteiger partial charge in [0.15, 0.2) is 0 Å². The quantitative estimate of drug-likeness (QED) is 0.849. The van der Waals surface area contributed by atoms with Gasteiger partial charge < -0.3 is 14.7 Å². The lowest BCUT2D eigenvalue weighted by Crippen LogP contribution is -2.49. The van der Waals surface area contributed by atoms with Gasteiger partial charge in [0.2, 0.25) is 5.91 Å². The Labute approximate surface area is 147 Å². The molecule has 0 aliphatic carbocycles.